The zero-order valence-corrected chi connectivity index (χ0v) is 13.7. The molecule has 2 unspecified atom stereocenters. The van der Waals surface area contributed by atoms with Crippen molar-refractivity contribution >= 4 is 11.8 Å². The second kappa shape index (κ2) is 6.97. The largest absolute Gasteiger partial charge is 0.384 e. The van der Waals surface area contributed by atoms with Crippen LogP contribution in [-0.2, 0) is 10.2 Å². The van der Waals surface area contributed by atoms with Gasteiger partial charge in [-0.05, 0) is 49.1 Å². The van der Waals surface area contributed by atoms with Gasteiger partial charge >= 0.3 is 0 Å². The van der Waals surface area contributed by atoms with Crippen LogP contribution in [0.1, 0.15) is 38.2 Å². The van der Waals surface area contributed by atoms with Crippen LogP contribution in [0.4, 0.5) is 0 Å². The van der Waals surface area contributed by atoms with E-state index in [4.69, 9.17) is 10.5 Å². The van der Waals surface area contributed by atoms with Gasteiger partial charge in [-0.2, -0.15) is 0 Å². The Morgan fingerprint density at radius 2 is 1.95 bits per heavy atom. The average Bonchev–Trinajstić information content (AvgIpc) is 2.38. The number of benzene rings is 1. The second-order valence-electron chi connectivity index (χ2n) is 6.14. The van der Waals surface area contributed by atoms with E-state index in [9.17, 15) is 0 Å². The number of ether oxygens (including phenoxy) is 1. The van der Waals surface area contributed by atoms with E-state index in [1.165, 1.54) is 29.7 Å². The molecule has 1 aliphatic carbocycles. The molecule has 1 saturated carbocycles. The number of methoxy groups -OCH3 is 1. The highest BCUT2D eigenvalue weighted by Gasteiger charge is 2.43. The summed E-state index contributed by atoms with van der Waals surface area (Å²) >= 11 is 1.79. The summed E-state index contributed by atoms with van der Waals surface area (Å²) in [5.41, 5.74) is 8.22. The Kier molecular flexibility index (Phi) is 5.53. The maximum Gasteiger partial charge on any atom is 0.0488 e. The van der Waals surface area contributed by atoms with Crippen molar-refractivity contribution in [2.45, 2.75) is 49.0 Å². The minimum absolute atomic E-state index is 0.207. The highest BCUT2D eigenvalue weighted by Crippen LogP contribution is 2.47. The average molecular weight is 293 g/mol. The third-order valence-corrected chi connectivity index (χ3v) is 5.47. The lowest BCUT2D eigenvalue weighted by Gasteiger charge is -2.47. The first-order valence-electron chi connectivity index (χ1n) is 7.51. The molecule has 2 nitrogen and oxygen atoms in total. The number of nitrogens with two attached hydrogens (primary N) is 1. The maximum absolute atomic E-state index is 6.59. The highest BCUT2D eigenvalue weighted by atomic mass is 32.2. The van der Waals surface area contributed by atoms with Crippen molar-refractivity contribution in [2.75, 3.05) is 20.0 Å². The molecule has 0 aliphatic heterocycles. The molecule has 1 aromatic carbocycles. The highest BCUT2D eigenvalue weighted by molar-refractivity contribution is 7.98. The van der Waals surface area contributed by atoms with E-state index in [0.717, 1.165) is 13.0 Å². The molecule has 1 fully saturated rings. The van der Waals surface area contributed by atoms with Crippen LogP contribution in [-0.4, -0.2) is 26.0 Å². The Hall–Kier alpha value is -0.510. The Bertz CT molecular complexity index is 414. The first-order chi connectivity index (χ1) is 9.62. The molecule has 2 atom stereocenters. The van der Waals surface area contributed by atoms with E-state index in [-0.39, 0.29) is 11.5 Å². The molecule has 0 saturated heterocycles. The van der Waals surface area contributed by atoms with Crippen molar-refractivity contribution in [3.8, 4) is 0 Å². The van der Waals surface area contributed by atoms with Gasteiger partial charge in [0.05, 0.1) is 0 Å². The molecule has 0 spiro atoms. The van der Waals surface area contributed by atoms with E-state index >= 15 is 0 Å². The van der Waals surface area contributed by atoms with Gasteiger partial charge in [0.25, 0.3) is 0 Å². The van der Waals surface area contributed by atoms with E-state index < -0.39 is 0 Å². The molecule has 112 valence electrons. The third kappa shape index (κ3) is 3.21. The number of hydrogen-bond donors (Lipinski definition) is 1. The van der Waals surface area contributed by atoms with Crippen molar-refractivity contribution in [3.05, 3.63) is 29.8 Å². The fourth-order valence-electron chi connectivity index (χ4n) is 3.37. The Labute approximate surface area is 127 Å². The van der Waals surface area contributed by atoms with E-state index in [1.807, 2.05) is 0 Å². The molecule has 2 N–H and O–H groups in total. The van der Waals surface area contributed by atoms with Crippen molar-refractivity contribution in [1.82, 2.24) is 0 Å². The third-order valence-electron chi connectivity index (χ3n) is 4.73. The summed E-state index contributed by atoms with van der Waals surface area (Å²) < 4.78 is 5.25. The van der Waals surface area contributed by atoms with Crippen molar-refractivity contribution in [1.29, 1.82) is 0 Å². The molecule has 0 heterocycles. The van der Waals surface area contributed by atoms with Crippen LogP contribution in [0.3, 0.4) is 0 Å². The normalized spacial score (nSPS) is 20.2. The Morgan fingerprint density at radius 3 is 2.40 bits per heavy atom. The predicted molar refractivity (Wildman–Crippen MR) is 87.4 cm³/mol. The topological polar surface area (TPSA) is 35.2 Å². The van der Waals surface area contributed by atoms with Crippen LogP contribution < -0.4 is 5.73 Å². The molecule has 1 aromatic rings. The molecule has 3 heteroatoms. The summed E-state index contributed by atoms with van der Waals surface area (Å²) in [4.78, 5) is 1.32. The van der Waals surface area contributed by atoms with Gasteiger partial charge in [-0.3, -0.25) is 0 Å². The quantitative estimate of drug-likeness (QED) is 0.776. The van der Waals surface area contributed by atoms with Crippen LogP contribution >= 0.6 is 11.8 Å². The van der Waals surface area contributed by atoms with Crippen LogP contribution in [0, 0.1) is 5.92 Å². The predicted octanol–water partition coefficient (Wildman–Crippen LogP) is 3.83. The second-order valence-corrected chi connectivity index (χ2v) is 7.02. The zero-order chi connectivity index (χ0) is 14.6. The summed E-state index contributed by atoms with van der Waals surface area (Å²) in [5, 5.41) is 0. The maximum atomic E-state index is 6.59. The summed E-state index contributed by atoms with van der Waals surface area (Å²) in [6.45, 7) is 3.03. The number of hydrogen-bond acceptors (Lipinski definition) is 3. The number of thioether (sulfide) groups is 1. The lowest BCUT2D eigenvalue weighted by atomic mass is 9.59. The fraction of sp³-hybridized carbons (Fsp3) is 0.647. The van der Waals surface area contributed by atoms with Gasteiger partial charge in [0.2, 0.25) is 0 Å². The molecule has 1 aliphatic rings. The van der Waals surface area contributed by atoms with Gasteiger partial charge in [-0.25, -0.2) is 0 Å². The van der Waals surface area contributed by atoms with Crippen LogP contribution in [0.2, 0.25) is 0 Å². The van der Waals surface area contributed by atoms with Crippen LogP contribution in [0.5, 0.6) is 0 Å². The summed E-state index contributed by atoms with van der Waals surface area (Å²) in [7, 11) is 1.77. The first kappa shape index (κ1) is 15.9. The molecule has 0 amide bonds. The fourth-order valence-corrected chi connectivity index (χ4v) is 3.77. The molecule has 0 radical (unpaired) electrons. The van der Waals surface area contributed by atoms with Gasteiger partial charge in [-0.1, -0.05) is 25.5 Å². The van der Waals surface area contributed by atoms with Crippen LogP contribution in [0.25, 0.3) is 0 Å². The molecule has 20 heavy (non-hydrogen) atoms. The Balaban J connectivity index is 2.11. The van der Waals surface area contributed by atoms with Gasteiger partial charge < -0.3 is 10.5 Å². The minimum atomic E-state index is 0.207. The van der Waals surface area contributed by atoms with Crippen molar-refractivity contribution < 1.29 is 4.74 Å². The first-order valence-corrected chi connectivity index (χ1v) is 8.74. The van der Waals surface area contributed by atoms with E-state index in [1.54, 1.807) is 18.9 Å². The standard InChI is InChI=1S/C17H27NOS/c1-13(12-19-2)11-16(18)17(9-4-10-17)14-5-7-15(20-3)8-6-14/h5-8,13,16H,4,9-12,18H2,1-3H3. The monoisotopic (exact) mass is 293 g/mol. The van der Waals surface area contributed by atoms with Crippen molar-refractivity contribution in [2.24, 2.45) is 11.7 Å². The minimum Gasteiger partial charge on any atom is -0.384 e. The summed E-state index contributed by atoms with van der Waals surface area (Å²) in [6.07, 6.45) is 6.92. The van der Waals surface area contributed by atoms with Gasteiger partial charge in [0, 0.05) is 30.1 Å². The lowest BCUT2D eigenvalue weighted by Crippen LogP contribution is -2.51. The summed E-state index contributed by atoms with van der Waals surface area (Å²) in [6, 6.07) is 9.26. The number of rotatable bonds is 7. The molecular weight excluding hydrogens is 266 g/mol. The summed E-state index contributed by atoms with van der Waals surface area (Å²) in [5.74, 6) is 0.526. The molecule has 2 rings (SSSR count). The van der Waals surface area contributed by atoms with E-state index in [2.05, 4.69) is 37.4 Å². The van der Waals surface area contributed by atoms with Gasteiger partial charge in [0.1, 0.15) is 0 Å². The zero-order valence-electron chi connectivity index (χ0n) is 12.9. The smallest absolute Gasteiger partial charge is 0.0488 e. The molecule has 0 bridgehead atoms. The van der Waals surface area contributed by atoms with Crippen molar-refractivity contribution in [3.63, 3.8) is 0 Å². The SMILES string of the molecule is COCC(C)CC(N)C1(c2ccc(SC)cc2)CCC1. The molecular formula is C17H27NOS. The lowest BCUT2D eigenvalue weighted by molar-refractivity contribution is 0.125. The molecule has 0 aromatic heterocycles. The van der Waals surface area contributed by atoms with Crippen LogP contribution in [0.15, 0.2) is 29.2 Å². The van der Waals surface area contributed by atoms with Gasteiger partial charge in [0.15, 0.2) is 0 Å². The van der Waals surface area contributed by atoms with Gasteiger partial charge in [-0.15, -0.1) is 11.8 Å². The van der Waals surface area contributed by atoms with E-state index in [0.29, 0.717) is 5.92 Å². The Morgan fingerprint density at radius 1 is 1.30 bits per heavy atom.